The molecule has 2 atom stereocenters. The molecule has 1 unspecified atom stereocenters. The normalized spacial score (nSPS) is 18.9. The molecule has 0 aromatic heterocycles. The minimum atomic E-state index is -0.737. The van der Waals surface area contributed by atoms with Crippen molar-refractivity contribution in [1.82, 2.24) is 4.90 Å². The topological polar surface area (TPSA) is 76.1 Å². The SMILES string of the molecule is CCOC(=O)c1ccc([C@@H]2CC(O)CCN2C(=O)OCc2ccccc2)cc1F. The summed E-state index contributed by atoms with van der Waals surface area (Å²) >= 11 is 0. The Morgan fingerprint density at radius 1 is 1.17 bits per heavy atom. The van der Waals surface area contributed by atoms with E-state index in [4.69, 9.17) is 9.47 Å². The van der Waals surface area contributed by atoms with Crippen LogP contribution >= 0.6 is 0 Å². The Kier molecular flexibility index (Phi) is 6.82. The number of rotatable bonds is 5. The number of likely N-dealkylation sites (tertiary alicyclic amines) is 1. The summed E-state index contributed by atoms with van der Waals surface area (Å²) in [6.45, 7) is 2.21. The van der Waals surface area contributed by atoms with Crippen LogP contribution in [-0.2, 0) is 16.1 Å². The van der Waals surface area contributed by atoms with Crippen LogP contribution < -0.4 is 0 Å². The van der Waals surface area contributed by atoms with E-state index in [0.29, 0.717) is 18.5 Å². The highest BCUT2D eigenvalue weighted by Crippen LogP contribution is 2.32. The van der Waals surface area contributed by atoms with Crippen molar-refractivity contribution in [3.8, 4) is 0 Å². The van der Waals surface area contributed by atoms with Crippen molar-refractivity contribution in [2.24, 2.45) is 0 Å². The summed E-state index contributed by atoms with van der Waals surface area (Å²) in [5.74, 6) is -1.46. The molecule has 29 heavy (non-hydrogen) atoms. The molecule has 0 saturated carbocycles. The lowest BCUT2D eigenvalue weighted by molar-refractivity contribution is 0.0257. The Morgan fingerprint density at radius 3 is 2.62 bits per heavy atom. The lowest BCUT2D eigenvalue weighted by Gasteiger charge is -2.37. The smallest absolute Gasteiger partial charge is 0.410 e. The Bertz CT molecular complexity index is 858. The largest absolute Gasteiger partial charge is 0.462 e. The number of nitrogens with zero attached hydrogens (tertiary/aromatic N) is 1. The second-order valence-corrected chi connectivity index (χ2v) is 6.89. The van der Waals surface area contributed by atoms with Crippen molar-refractivity contribution in [3.05, 3.63) is 71.0 Å². The fourth-order valence-corrected chi connectivity index (χ4v) is 3.40. The van der Waals surface area contributed by atoms with Crippen LogP contribution in [0.15, 0.2) is 48.5 Å². The minimum Gasteiger partial charge on any atom is -0.462 e. The van der Waals surface area contributed by atoms with Crippen molar-refractivity contribution in [1.29, 1.82) is 0 Å². The van der Waals surface area contributed by atoms with Gasteiger partial charge in [-0.15, -0.1) is 0 Å². The lowest BCUT2D eigenvalue weighted by Crippen LogP contribution is -2.42. The Labute approximate surface area is 168 Å². The van der Waals surface area contributed by atoms with Crippen LogP contribution in [0.1, 0.15) is 47.3 Å². The predicted octanol–water partition coefficient (Wildman–Crippen LogP) is 3.84. The number of hydrogen-bond acceptors (Lipinski definition) is 5. The van der Waals surface area contributed by atoms with Crippen molar-refractivity contribution >= 4 is 12.1 Å². The highest BCUT2D eigenvalue weighted by Gasteiger charge is 2.33. The number of aliphatic hydroxyl groups excluding tert-OH is 1. The van der Waals surface area contributed by atoms with Gasteiger partial charge in [-0.1, -0.05) is 36.4 Å². The first-order valence-electron chi connectivity index (χ1n) is 9.61. The molecule has 1 heterocycles. The van der Waals surface area contributed by atoms with Gasteiger partial charge in [-0.2, -0.15) is 0 Å². The van der Waals surface area contributed by atoms with Crippen LogP contribution in [0.5, 0.6) is 0 Å². The summed E-state index contributed by atoms with van der Waals surface area (Å²) < 4.78 is 24.7. The summed E-state index contributed by atoms with van der Waals surface area (Å²) in [5, 5.41) is 10.1. The Hall–Kier alpha value is -2.93. The summed E-state index contributed by atoms with van der Waals surface area (Å²) in [5.41, 5.74) is 1.19. The molecule has 1 amide bonds. The number of carbonyl (C=O) groups excluding carboxylic acids is 2. The van der Waals surface area contributed by atoms with Gasteiger partial charge in [0.05, 0.1) is 24.3 Å². The molecule has 2 aromatic rings. The zero-order valence-corrected chi connectivity index (χ0v) is 16.2. The maximum absolute atomic E-state index is 14.5. The molecule has 0 radical (unpaired) electrons. The van der Waals surface area contributed by atoms with E-state index in [1.807, 2.05) is 30.3 Å². The number of aliphatic hydroxyl groups is 1. The second kappa shape index (κ2) is 9.52. The van der Waals surface area contributed by atoms with Crippen molar-refractivity contribution in [2.75, 3.05) is 13.2 Å². The molecular formula is C22H24FNO5. The zero-order valence-electron chi connectivity index (χ0n) is 16.2. The van der Waals surface area contributed by atoms with E-state index in [-0.39, 0.29) is 25.2 Å². The molecule has 1 aliphatic rings. The van der Waals surface area contributed by atoms with E-state index in [2.05, 4.69) is 0 Å². The molecule has 0 aliphatic carbocycles. The number of benzene rings is 2. The molecule has 0 bridgehead atoms. The van der Waals surface area contributed by atoms with Gasteiger partial charge in [-0.25, -0.2) is 14.0 Å². The molecule has 1 saturated heterocycles. The molecule has 1 aliphatic heterocycles. The van der Waals surface area contributed by atoms with Gasteiger partial charge in [-0.3, -0.25) is 0 Å². The summed E-state index contributed by atoms with van der Waals surface area (Å²) in [4.78, 5) is 26.0. The Balaban J connectivity index is 1.76. The maximum atomic E-state index is 14.5. The molecule has 2 aromatic carbocycles. The van der Waals surface area contributed by atoms with Gasteiger partial charge in [0.15, 0.2) is 0 Å². The first kappa shape index (κ1) is 20.8. The highest BCUT2D eigenvalue weighted by molar-refractivity contribution is 5.89. The van der Waals surface area contributed by atoms with E-state index >= 15 is 0 Å². The predicted molar refractivity (Wildman–Crippen MR) is 104 cm³/mol. The van der Waals surface area contributed by atoms with E-state index < -0.39 is 30.0 Å². The van der Waals surface area contributed by atoms with Crippen LogP contribution in [-0.4, -0.2) is 41.3 Å². The van der Waals surface area contributed by atoms with Gasteiger partial charge < -0.3 is 19.5 Å². The molecule has 0 spiro atoms. The van der Waals surface area contributed by atoms with Gasteiger partial charge in [-0.05, 0) is 43.0 Å². The fraction of sp³-hybridized carbons (Fsp3) is 0.364. The minimum absolute atomic E-state index is 0.127. The lowest BCUT2D eigenvalue weighted by atomic mass is 9.93. The average molecular weight is 401 g/mol. The zero-order chi connectivity index (χ0) is 20.8. The van der Waals surface area contributed by atoms with Crippen LogP contribution in [0, 0.1) is 5.82 Å². The standard InChI is InChI=1S/C22H24FNO5/c1-2-28-21(26)18-9-8-16(12-19(18)23)20-13-17(25)10-11-24(20)22(27)29-14-15-6-4-3-5-7-15/h3-9,12,17,20,25H,2,10-11,13-14H2,1H3/t17?,20-/m0/s1. The molecule has 7 heteroatoms. The third-order valence-electron chi connectivity index (χ3n) is 4.89. The molecule has 3 rings (SSSR count). The van der Waals surface area contributed by atoms with Gasteiger partial charge in [0.2, 0.25) is 0 Å². The number of hydrogen-bond donors (Lipinski definition) is 1. The van der Waals surface area contributed by atoms with Crippen molar-refractivity contribution < 1.29 is 28.6 Å². The maximum Gasteiger partial charge on any atom is 0.410 e. The number of amides is 1. The van der Waals surface area contributed by atoms with Crippen LogP contribution in [0.3, 0.4) is 0 Å². The average Bonchev–Trinajstić information content (AvgIpc) is 2.72. The summed E-state index contributed by atoms with van der Waals surface area (Å²) in [6.07, 6.45) is -0.453. The number of ether oxygens (including phenoxy) is 2. The highest BCUT2D eigenvalue weighted by atomic mass is 19.1. The van der Waals surface area contributed by atoms with Crippen LogP contribution in [0.4, 0.5) is 9.18 Å². The summed E-state index contributed by atoms with van der Waals surface area (Å²) in [7, 11) is 0. The van der Waals surface area contributed by atoms with Gasteiger partial charge in [0, 0.05) is 6.54 Å². The van der Waals surface area contributed by atoms with E-state index in [9.17, 15) is 19.1 Å². The Morgan fingerprint density at radius 2 is 1.93 bits per heavy atom. The van der Waals surface area contributed by atoms with E-state index in [1.54, 1.807) is 13.0 Å². The number of halogens is 1. The van der Waals surface area contributed by atoms with E-state index in [0.717, 1.165) is 5.56 Å². The molecular weight excluding hydrogens is 377 g/mol. The van der Waals surface area contributed by atoms with Gasteiger partial charge in [0.1, 0.15) is 12.4 Å². The third-order valence-corrected chi connectivity index (χ3v) is 4.89. The molecule has 1 fully saturated rings. The number of carbonyl (C=O) groups is 2. The van der Waals surface area contributed by atoms with Crippen LogP contribution in [0.25, 0.3) is 0 Å². The molecule has 6 nitrogen and oxygen atoms in total. The number of esters is 1. The third kappa shape index (κ3) is 5.12. The quantitative estimate of drug-likeness (QED) is 0.771. The monoisotopic (exact) mass is 401 g/mol. The number of piperidine rings is 1. The fourth-order valence-electron chi connectivity index (χ4n) is 3.40. The van der Waals surface area contributed by atoms with Crippen molar-refractivity contribution in [2.45, 2.75) is 38.5 Å². The summed E-state index contributed by atoms with van der Waals surface area (Å²) in [6, 6.07) is 12.9. The van der Waals surface area contributed by atoms with Gasteiger partial charge >= 0.3 is 12.1 Å². The first-order valence-corrected chi connectivity index (χ1v) is 9.61. The van der Waals surface area contributed by atoms with Crippen molar-refractivity contribution in [3.63, 3.8) is 0 Å². The molecule has 154 valence electrons. The van der Waals surface area contributed by atoms with Crippen LogP contribution in [0.2, 0.25) is 0 Å². The van der Waals surface area contributed by atoms with E-state index in [1.165, 1.54) is 17.0 Å². The van der Waals surface area contributed by atoms with Gasteiger partial charge in [0.25, 0.3) is 0 Å². The second-order valence-electron chi connectivity index (χ2n) is 6.89. The first-order chi connectivity index (χ1) is 14.0. The molecule has 1 N–H and O–H groups in total.